The highest BCUT2D eigenvalue weighted by Crippen LogP contribution is 2.46. The van der Waals surface area contributed by atoms with Gasteiger partial charge in [0.05, 0.1) is 29.4 Å². The molecule has 1 aliphatic rings. The molecule has 42 heavy (non-hydrogen) atoms. The smallest absolute Gasteiger partial charge is 0.312 e. The normalized spacial score (nSPS) is 14.5. The highest BCUT2D eigenvalue weighted by Gasteiger charge is 2.41. The summed E-state index contributed by atoms with van der Waals surface area (Å²) in [5.41, 5.74) is 12.7. The number of hydrogen-bond acceptors (Lipinski definition) is 8. The number of hydrazine groups is 1. The van der Waals surface area contributed by atoms with Gasteiger partial charge >= 0.3 is 5.97 Å². The third kappa shape index (κ3) is 5.62. The number of nitrogen functional groups attached to an aromatic ring is 1. The maximum absolute atomic E-state index is 13.2. The molecule has 4 aromatic rings. The van der Waals surface area contributed by atoms with Crippen molar-refractivity contribution in [3.63, 3.8) is 0 Å². The molecule has 8 nitrogen and oxygen atoms in total. The van der Waals surface area contributed by atoms with Crippen LogP contribution in [0.25, 0.3) is 10.9 Å². The number of fused-ring (bicyclic) bond motifs is 2. The van der Waals surface area contributed by atoms with Gasteiger partial charge < -0.3 is 20.2 Å². The second-order valence-electron chi connectivity index (χ2n) is 11.5. The minimum atomic E-state index is -0.906. The molecule has 0 aliphatic carbocycles. The van der Waals surface area contributed by atoms with E-state index in [1.165, 1.54) is 12.1 Å². The third-order valence-electron chi connectivity index (χ3n) is 8.30. The molecule has 0 spiro atoms. The number of ether oxygens (including phenoxy) is 2. The fraction of sp³-hybridized carbons (Fsp3) is 0.333. The van der Waals surface area contributed by atoms with Crippen LogP contribution in [0.3, 0.4) is 0 Å². The summed E-state index contributed by atoms with van der Waals surface area (Å²) in [6.07, 6.45) is 1.80. The molecule has 4 N–H and O–H groups in total. The first-order valence-corrected chi connectivity index (χ1v) is 14.4. The Kier molecular flexibility index (Phi) is 8.32. The number of carbonyl (C=O) groups excluding carboxylic acids is 1. The Balaban J connectivity index is 1.53. The van der Waals surface area contributed by atoms with E-state index in [1.807, 2.05) is 57.2 Å². The Morgan fingerprint density at radius 1 is 1.21 bits per heavy atom. The summed E-state index contributed by atoms with van der Waals surface area (Å²) < 4.78 is 11.4. The van der Waals surface area contributed by atoms with E-state index in [4.69, 9.17) is 32.7 Å². The molecule has 0 saturated heterocycles. The summed E-state index contributed by atoms with van der Waals surface area (Å²) in [7, 11) is 3.16. The van der Waals surface area contributed by atoms with E-state index >= 15 is 0 Å². The van der Waals surface area contributed by atoms with Crippen LogP contribution in [0.1, 0.15) is 47.6 Å². The number of nitrogens with two attached hydrogens (primary N) is 2. The maximum Gasteiger partial charge on any atom is 0.312 e. The molecule has 0 radical (unpaired) electrons. The number of rotatable bonds is 7. The van der Waals surface area contributed by atoms with Crippen molar-refractivity contribution >= 4 is 39.8 Å². The topological polar surface area (TPSA) is 107 Å². The largest absolute Gasteiger partial charge is 0.492 e. The van der Waals surface area contributed by atoms with Crippen LogP contribution in [0, 0.1) is 12.3 Å². The molecule has 1 atom stereocenters. The molecule has 1 unspecified atom stereocenters. The van der Waals surface area contributed by atoms with Crippen LogP contribution in [-0.2, 0) is 22.6 Å². The van der Waals surface area contributed by atoms with Crippen molar-refractivity contribution in [1.29, 1.82) is 0 Å². The van der Waals surface area contributed by atoms with Gasteiger partial charge in [0.2, 0.25) is 0 Å². The lowest BCUT2D eigenvalue weighted by Gasteiger charge is -2.35. The van der Waals surface area contributed by atoms with Gasteiger partial charge in [-0.15, -0.1) is 0 Å². The first-order chi connectivity index (χ1) is 20.0. The lowest BCUT2D eigenvalue weighted by Crippen LogP contribution is -2.34. The predicted molar refractivity (Wildman–Crippen MR) is 169 cm³/mol. The van der Waals surface area contributed by atoms with Gasteiger partial charge in [0, 0.05) is 54.8 Å². The van der Waals surface area contributed by atoms with Crippen molar-refractivity contribution < 1.29 is 14.3 Å². The van der Waals surface area contributed by atoms with E-state index in [9.17, 15) is 4.79 Å². The average molecular weight is 588 g/mol. The number of aromatic nitrogens is 1. The van der Waals surface area contributed by atoms with E-state index in [0.717, 1.165) is 51.0 Å². The first kappa shape index (κ1) is 29.6. The third-order valence-corrected chi connectivity index (χ3v) is 8.67. The number of nitrogens with zero attached hydrogens (tertiary/aromatic N) is 3. The van der Waals surface area contributed by atoms with E-state index < -0.39 is 5.41 Å². The summed E-state index contributed by atoms with van der Waals surface area (Å²) in [5.74, 6) is 6.23. The Labute approximate surface area is 252 Å². The molecule has 0 saturated carbocycles. The average Bonchev–Trinajstić information content (AvgIpc) is 3.16. The molecule has 1 aliphatic heterocycles. The summed E-state index contributed by atoms with van der Waals surface area (Å²) >= 11 is 6.80. The minimum absolute atomic E-state index is 0.316. The first-order valence-electron chi connectivity index (χ1n) is 14.0. The number of benzene rings is 3. The molecular weight excluding hydrogens is 550 g/mol. The van der Waals surface area contributed by atoms with Crippen LogP contribution in [0.4, 0.5) is 11.4 Å². The number of pyridine rings is 1. The summed E-state index contributed by atoms with van der Waals surface area (Å²) in [6, 6.07) is 18.0. The number of carbonyl (C=O) groups is 1. The van der Waals surface area contributed by atoms with Crippen LogP contribution in [0.15, 0.2) is 60.8 Å². The van der Waals surface area contributed by atoms with E-state index in [2.05, 4.69) is 28.1 Å². The van der Waals surface area contributed by atoms with Gasteiger partial charge in [-0.2, -0.15) is 0 Å². The summed E-state index contributed by atoms with van der Waals surface area (Å²) in [4.78, 5) is 20.0. The Bertz CT molecular complexity index is 1640. The van der Waals surface area contributed by atoms with Gasteiger partial charge in [0.25, 0.3) is 0 Å². The molecule has 0 bridgehead atoms. The minimum Gasteiger partial charge on any atom is -0.492 e. The molecule has 9 heteroatoms. The molecule has 0 fully saturated rings. The quantitative estimate of drug-likeness (QED) is 0.121. The Morgan fingerprint density at radius 3 is 2.74 bits per heavy atom. The van der Waals surface area contributed by atoms with Crippen molar-refractivity contribution in [3.8, 4) is 5.75 Å². The number of anilines is 2. The fourth-order valence-corrected chi connectivity index (χ4v) is 6.17. The number of hydrogen-bond donors (Lipinski definition) is 2. The van der Waals surface area contributed by atoms with Crippen molar-refractivity contribution in [1.82, 2.24) is 9.88 Å². The van der Waals surface area contributed by atoms with Gasteiger partial charge in [-0.25, -0.2) is 5.84 Å². The van der Waals surface area contributed by atoms with Gasteiger partial charge in [0.15, 0.2) is 0 Å². The summed E-state index contributed by atoms with van der Waals surface area (Å²) in [5, 5.41) is 3.21. The number of esters is 1. The van der Waals surface area contributed by atoms with Gasteiger partial charge in [0.1, 0.15) is 12.4 Å². The standard InChI is InChI=1S/C33H38ClN5O3/c1-20-25(9-11-28(31(20)35)38(4)36)30(33(2,3)32(40)41-5)22-8-10-26(34)23(15-22)18-39-13-14-42-29-17-21-7-6-12-37-27(21)16-24(29)19-39/h6-12,15-17,30H,13-14,18-19,35-36H2,1-5H3. The van der Waals surface area contributed by atoms with Crippen LogP contribution in [-0.4, -0.2) is 43.2 Å². The predicted octanol–water partition coefficient (Wildman–Crippen LogP) is 5.81. The molecule has 220 valence electrons. The maximum atomic E-state index is 13.2. The molecule has 0 amide bonds. The fourth-order valence-electron chi connectivity index (χ4n) is 5.99. The highest BCUT2D eigenvalue weighted by atomic mass is 35.5. The number of methoxy groups -OCH3 is 1. The van der Waals surface area contributed by atoms with Crippen molar-refractivity contribution in [2.24, 2.45) is 11.3 Å². The zero-order chi connectivity index (χ0) is 30.2. The zero-order valence-corrected chi connectivity index (χ0v) is 25.5. The van der Waals surface area contributed by atoms with E-state index in [-0.39, 0.29) is 11.9 Å². The van der Waals surface area contributed by atoms with Crippen LogP contribution in [0.5, 0.6) is 5.75 Å². The lowest BCUT2D eigenvalue weighted by molar-refractivity contribution is -0.151. The van der Waals surface area contributed by atoms with Gasteiger partial charge in [-0.05, 0) is 73.4 Å². The Morgan fingerprint density at radius 2 is 2.00 bits per heavy atom. The Hall–Kier alpha value is -3.85. The SMILES string of the molecule is COC(=O)C(C)(C)C(c1ccc(Cl)c(CN2CCOc3cc4cccnc4cc3C2)c1)c1ccc(N(C)N)c(N)c1C. The van der Waals surface area contributed by atoms with E-state index in [0.29, 0.717) is 36.1 Å². The monoisotopic (exact) mass is 587 g/mol. The number of halogens is 1. The van der Waals surface area contributed by atoms with Crippen LogP contribution < -0.4 is 21.3 Å². The van der Waals surface area contributed by atoms with Crippen molar-refractivity contribution in [3.05, 3.63) is 93.6 Å². The molecular formula is C33H38ClN5O3. The lowest BCUT2D eigenvalue weighted by atomic mass is 9.69. The van der Waals surface area contributed by atoms with Gasteiger partial charge in [-0.3, -0.25) is 14.7 Å². The van der Waals surface area contributed by atoms with Crippen LogP contribution >= 0.6 is 11.6 Å². The highest BCUT2D eigenvalue weighted by molar-refractivity contribution is 6.31. The molecule has 5 rings (SSSR count). The van der Waals surface area contributed by atoms with E-state index in [1.54, 1.807) is 13.2 Å². The zero-order valence-electron chi connectivity index (χ0n) is 24.8. The molecule has 3 aromatic carbocycles. The molecule has 2 heterocycles. The van der Waals surface area contributed by atoms with Crippen LogP contribution in [0.2, 0.25) is 5.02 Å². The second-order valence-corrected chi connectivity index (χ2v) is 11.9. The van der Waals surface area contributed by atoms with Crippen molar-refractivity contribution in [2.45, 2.75) is 39.8 Å². The summed E-state index contributed by atoms with van der Waals surface area (Å²) in [6.45, 7) is 8.37. The van der Waals surface area contributed by atoms with Crippen molar-refractivity contribution in [2.75, 3.05) is 38.1 Å². The second kappa shape index (κ2) is 11.8. The molecule has 1 aromatic heterocycles. The van der Waals surface area contributed by atoms with Gasteiger partial charge in [-0.1, -0.05) is 35.9 Å².